The molecule has 0 fully saturated rings. The second-order valence-electron chi connectivity index (χ2n) is 5.46. The third-order valence-corrected chi connectivity index (χ3v) is 3.74. The van der Waals surface area contributed by atoms with E-state index in [1.54, 1.807) is 0 Å². The molecule has 0 aliphatic heterocycles. The van der Waals surface area contributed by atoms with Gasteiger partial charge in [0.25, 0.3) is 0 Å². The summed E-state index contributed by atoms with van der Waals surface area (Å²) in [6.45, 7) is 5.96. The lowest BCUT2D eigenvalue weighted by molar-refractivity contribution is -0.141. The van der Waals surface area contributed by atoms with Gasteiger partial charge in [-0.15, -0.1) is 0 Å². The van der Waals surface area contributed by atoms with Gasteiger partial charge in [0.2, 0.25) is 5.91 Å². The highest BCUT2D eigenvalue weighted by molar-refractivity contribution is 5.84. The summed E-state index contributed by atoms with van der Waals surface area (Å²) in [5, 5.41) is 2.92. The van der Waals surface area contributed by atoms with Gasteiger partial charge in [-0.1, -0.05) is 50.6 Å². The Morgan fingerprint density at radius 1 is 1.19 bits per heavy atom. The first-order valence-corrected chi connectivity index (χ1v) is 7.41. The summed E-state index contributed by atoms with van der Waals surface area (Å²) in [6, 6.07) is 9.53. The zero-order valence-electron chi connectivity index (χ0n) is 13.3. The number of hydrogen-bond donors (Lipinski definition) is 1. The standard InChI is InChI=1S/C17H25NO3/c1-5-12(2)16(14-9-7-6-8-10-14)17(20)18-13(3)11-15(19)21-4/h6-10,12-13,16H,5,11H2,1-4H3,(H,18,20). The van der Waals surface area contributed by atoms with Crippen molar-refractivity contribution in [3.8, 4) is 0 Å². The summed E-state index contributed by atoms with van der Waals surface area (Å²) in [6.07, 6.45) is 1.10. The summed E-state index contributed by atoms with van der Waals surface area (Å²) in [5.41, 5.74) is 1.01. The smallest absolute Gasteiger partial charge is 0.307 e. The molecule has 0 saturated heterocycles. The van der Waals surface area contributed by atoms with Crippen LogP contribution in [-0.4, -0.2) is 25.0 Å². The Morgan fingerprint density at radius 2 is 1.81 bits per heavy atom. The van der Waals surface area contributed by atoms with Gasteiger partial charge in [0, 0.05) is 6.04 Å². The summed E-state index contributed by atoms with van der Waals surface area (Å²) in [5.74, 6) is -0.316. The Labute approximate surface area is 126 Å². The summed E-state index contributed by atoms with van der Waals surface area (Å²) in [7, 11) is 1.35. The molecule has 0 radical (unpaired) electrons. The summed E-state index contributed by atoms with van der Waals surface area (Å²) in [4.78, 5) is 23.8. The Morgan fingerprint density at radius 3 is 2.33 bits per heavy atom. The molecule has 1 rings (SSSR count). The highest BCUT2D eigenvalue weighted by Crippen LogP contribution is 2.27. The molecule has 0 bridgehead atoms. The van der Waals surface area contributed by atoms with Crippen LogP contribution in [0.5, 0.6) is 0 Å². The summed E-state index contributed by atoms with van der Waals surface area (Å²) < 4.78 is 4.63. The van der Waals surface area contributed by atoms with Gasteiger partial charge in [-0.25, -0.2) is 0 Å². The van der Waals surface area contributed by atoms with Crippen LogP contribution in [0.25, 0.3) is 0 Å². The molecule has 0 aliphatic carbocycles. The maximum absolute atomic E-state index is 12.6. The quantitative estimate of drug-likeness (QED) is 0.786. The van der Waals surface area contributed by atoms with Crippen LogP contribution in [0.4, 0.5) is 0 Å². The molecule has 0 aliphatic rings. The molecule has 3 unspecified atom stereocenters. The molecule has 1 N–H and O–H groups in total. The van der Waals surface area contributed by atoms with E-state index in [9.17, 15) is 9.59 Å². The van der Waals surface area contributed by atoms with Crippen molar-refractivity contribution in [1.29, 1.82) is 0 Å². The van der Waals surface area contributed by atoms with Gasteiger partial charge in [-0.05, 0) is 18.4 Å². The lowest BCUT2D eigenvalue weighted by Gasteiger charge is -2.24. The van der Waals surface area contributed by atoms with Crippen molar-refractivity contribution < 1.29 is 14.3 Å². The number of methoxy groups -OCH3 is 1. The molecule has 0 aromatic heterocycles. The molecule has 116 valence electrons. The van der Waals surface area contributed by atoms with Crippen LogP contribution in [0, 0.1) is 5.92 Å². The van der Waals surface area contributed by atoms with E-state index in [0.717, 1.165) is 12.0 Å². The average molecular weight is 291 g/mol. The molecule has 0 saturated carbocycles. The number of rotatable bonds is 7. The van der Waals surface area contributed by atoms with Gasteiger partial charge in [-0.2, -0.15) is 0 Å². The second-order valence-corrected chi connectivity index (χ2v) is 5.46. The van der Waals surface area contributed by atoms with E-state index in [1.807, 2.05) is 37.3 Å². The van der Waals surface area contributed by atoms with Crippen LogP contribution in [0.15, 0.2) is 30.3 Å². The van der Waals surface area contributed by atoms with E-state index in [-0.39, 0.29) is 36.2 Å². The minimum absolute atomic E-state index is 0.0352. The largest absolute Gasteiger partial charge is 0.469 e. The molecular formula is C17H25NO3. The van der Waals surface area contributed by atoms with Crippen molar-refractivity contribution in [3.05, 3.63) is 35.9 Å². The SMILES string of the molecule is CCC(C)C(C(=O)NC(C)CC(=O)OC)c1ccccc1. The van der Waals surface area contributed by atoms with Crippen LogP contribution in [0.2, 0.25) is 0 Å². The monoisotopic (exact) mass is 291 g/mol. The highest BCUT2D eigenvalue weighted by Gasteiger charge is 2.27. The number of ether oxygens (including phenoxy) is 1. The second kappa shape index (κ2) is 8.45. The molecule has 0 heterocycles. The Kier molecular flexibility index (Phi) is 6.92. The van der Waals surface area contributed by atoms with Crippen molar-refractivity contribution >= 4 is 11.9 Å². The topological polar surface area (TPSA) is 55.4 Å². The fourth-order valence-electron chi connectivity index (χ4n) is 2.35. The van der Waals surface area contributed by atoms with Crippen LogP contribution in [-0.2, 0) is 14.3 Å². The van der Waals surface area contributed by atoms with Crippen molar-refractivity contribution in [2.75, 3.05) is 7.11 Å². The number of hydrogen-bond acceptors (Lipinski definition) is 3. The van der Waals surface area contributed by atoms with Gasteiger partial charge >= 0.3 is 5.97 Å². The molecule has 4 nitrogen and oxygen atoms in total. The number of benzene rings is 1. The first kappa shape index (κ1) is 17.2. The lowest BCUT2D eigenvalue weighted by atomic mass is 9.84. The normalized spacial score (nSPS) is 14.9. The zero-order valence-corrected chi connectivity index (χ0v) is 13.3. The molecular weight excluding hydrogens is 266 g/mol. The fourth-order valence-corrected chi connectivity index (χ4v) is 2.35. The number of carbonyl (C=O) groups excluding carboxylic acids is 2. The van der Waals surface area contributed by atoms with Crippen molar-refractivity contribution in [2.24, 2.45) is 5.92 Å². The third-order valence-electron chi connectivity index (χ3n) is 3.74. The fraction of sp³-hybridized carbons (Fsp3) is 0.529. The average Bonchev–Trinajstić information content (AvgIpc) is 2.47. The predicted molar refractivity (Wildman–Crippen MR) is 82.9 cm³/mol. The third kappa shape index (κ3) is 5.21. The van der Waals surface area contributed by atoms with Crippen LogP contribution < -0.4 is 5.32 Å². The molecule has 3 atom stereocenters. The molecule has 4 heteroatoms. The van der Waals surface area contributed by atoms with Crippen LogP contribution in [0.1, 0.15) is 45.1 Å². The molecule has 0 spiro atoms. The molecule has 1 amide bonds. The van der Waals surface area contributed by atoms with Gasteiger partial charge in [0.05, 0.1) is 19.4 Å². The Balaban J connectivity index is 2.80. The van der Waals surface area contributed by atoms with Crippen molar-refractivity contribution in [2.45, 2.75) is 45.6 Å². The van der Waals surface area contributed by atoms with Crippen molar-refractivity contribution in [3.63, 3.8) is 0 Å². The van der Waals surface area contributed by atoms with E-state index in [0.29, 0.717) is 0 Å². The van der Waals surface area contributed by atoms with E-state index in [1.165, 1.54) is 7.11 Å². The molecule has 1 aromatic rings. The number of carbonyl (C=O) groups is 2. The maximum atomic E-state index is 12.6. The van der Waals surface area contributed by atoms with Gasteiger partial charge in [0.1, 0.15) is 0 Å². The van der Waals surface area contributed by atoms with Crippen LogP contribution in [0.3, 0.4) is 0 Å². The van der Waals surface area contributed by atoms with Crippen LogP contribution >= 0.6 is 0 Å². The van der Waals surface area contributed by atoms with Gasteiger partial charge in [0.15, 0.2) is 0 Å². The van der Waals surface area contributed by atoms with Gasteiger partial charge < -0.3 is 10.1 Å². The first-order valence-electron chi connectivity index (χ1n) is 7.41. The Hall–Kier alpha value is -1.84. The minimum Gasteiger partial charge on any atom is -0.469 e. The number of esters is 1. The first-order chi connectivity index (χ1) is 9.99. The van der Waals surface area contributed by atoms with E-state index in [4.69, 9.17) is 0 Å². The summed E-state index contributed by atoms with van der Waals surface area (Å²) >= 11 is 0. The minimum atomic E-state index is -0.317. The van der Waals surface area contributed by atoms with E-state index < -0.39 is 0 Å². The number of nitrogens with one attached hydrogen (secondary N) is 1. The lowest BCUT2D eigenvalue weighted by Crippen LogP contribution is -2.39. The predicted octanol–water partition coefficient (Wildman–Crippen LogP) is 2.88. The zero-order chi connectivity index (χ0) is 15.8. The van der Waals surface area contributed by atoms with E-state index in [2.05, 4.69) is 23.9 Å². The van der Waals surface area contributed by atoms with Crippen molar-refractivity contribution in [1.82, 2.24) is 5.32 Å². The van der Waals surface area contributed by atoms with Gasteiger partial charge in [-0.3, -0.25) is 9.59 Å². The highest BCUT2D eigenvalue weighted by atomic mass is 16.5. The van der Waals surface area contributed by atoms with E-state index >= 15 is 0 Å². The Bertz CT molecular complexity index is 458. The molecule has 1 aromatic carbocycles. The number of amides is 1. The maximum Gasteiger partial charge on any atom is 0.307 e. The molecule has 21 heavy (non-hydrogen) atoms.